The molecule has 4 rings (SSSR count). The first kappa shape index (κ1) is 16.0. The summed E-state index contributed by atoms with van der Waals surface area (Å²) in [5.41, 5.74) is 1.27. The molecule has 2 fully saturated rings. The number of nitrogens with one attached hydrogen (secondary N) is 1. The van der Waals surface area contributed by atoms with Crippen LogP contribution in [0.2, 0.25) is 0 Å². The second kappa shape index (κ2) is 6.78. The Morgan fingerprint density at radius 2 is 1.72 bits per heavy atom. The van der Waals surface area contributed by atoms with Crippen molar-refractivity contribution in [2.24, 2.45) is 0 Å². The first-order valence-corrected chi connectivity index (χ1v) is 8.47. The topological polar surface area (TPSA) is 76.6 Å². The Labute approximate surface area is 146 Å². The van der Waals surface area contributed by atoms with Gasteiger partial charge < -0.3 is 19.7 Å². The number of nitrogens with zero attached hydrogens (tertiary/aromatic N) is 3. The monoisotopic (exact) mass is 340 g/mol. The highest BCUT2D eigenvalue weighted by molar-refractivity contribution is 5.92. The summed E-state index contributed by atoms with van der Waals surface area (Å²) in [5, 5.41) is 11.3. The molecule has 0 saturated carbocycles. The molecule has 1 amide bonds. The number of hydrogen-bond acceptors (Lipinski definition) is 6. The first-order valence-electron chi connectivity index (χ1n) is 8.47. The van der Waals surface area contributed by atoms with Crippen molar-refractivity contribution >= 4 is 17.4 Å². The van der Waals surface area contributed by atoms with Crippen LogP contribution in [-0.4, -0.2) is 53.1 Å². The Morgan fingerprint density at radius 3 is 2.36 bits per heavy atom. The lowest BCUT2D eigenvalue weighted by Crippen LogP contribution is -2.47. The highest BCUT2D eigenvalue weighted by atomic mass is 16.7. The van der Waals surface area contributed by atoms with Gasteiger partial charge in [-0.15, -0.1) is 10.2 Å². The minimum absolute atomic E-state index is 0.105. The SMILES string of the molecule is O=C(c1ccc(Nc2ccccc2)nn1)N1CCC2(CC1)OCCO2. The number of ether oxygens (including phenoxy) is 2. The van der Waals surface area contributed by atoms with Crippen LogP contribution in [0.4, 0.5) is 11.5 Å². The number of hydrogen-bond donors (Lipinski definition) is 1. The molecule has 1 N–H and O–H groups in total. The highest BCUT2D eigenvalue weighted by Gasteiger charge is 2.41. The molecule has 0 radical (unpaired) electrons. The summed E-state index contributed by atoms with van der Waals surface area (Å²) in [6.45, 7) is 2.47. The van der Waals surface area contributed by atoms with Gasteiger partial charge in [0.15, 0.2) is 17.3 Å². The predicted octanol–water partition coefficient (Wildman–Crippen LogP) is 2.20. The van der Waals surface area contributed by atoms with Crippen molar-refractivity contribution in [1.29, 1.82) is 0 Å². The maximum Gasteiger partial charge on any atom is 0.274 e. The minimum atomic E-state index is -0.480. The third kappa shape index (κ3) is 3.47. The predicted molar refractivity (Wildman–Crippen MR) is 91.5 cm³/mol. The zero-order chi connectivity index (χ0) is 17.1. The van der Waals surface area contributed by atoms with E-state index < -0.39 is 5.79 Å². The van der Waals surface area contributed by atoms with Gasteiger partial charge in [-0.05, 0) is 24.3 Å². The van der Waals surface area contributed by atoms with E-state index in [1.807, 2.05) is 30.3 Å². The van der Waals surface area contributed by atoms with Crippen molar-refractivity contribution in [3.63, 3.8) is 0 Å². The summed E-state index contributed by atoms with van der Waals surface area (Å²) >= 11 is 0. The second-order valence-electron chi connectivity index (χ2n) is 6.19. The van der Waals surface area contributed by atoms with Gasteiger partial charge in [0.2, 0.25) is 0 Å². The Balaban J connectivity index is 1.38. The smallest absolute Gasteiger partial charge is 0.274 e. The lowest BCUT2D eigenvalue weighted by molar-refractivity contribution is -0.181. The fourth-order valence-corrected chi connectivity index (χ4v) is 3.18. The highest BCUT2D eigenvalue weighted by Crippen LogP contribution is 2.31. The van der Waals surface area contributed by atoms with Crippen molar-refractivity contribution in [2.45, 2.75) is 18.6 Å². The number of anilines is 2. The first-order chi connectivity index (χ1) is 12.2. The van der Waals surface area contributed by atoms with Crippen LogP contribution in [-0.2, 0) is 9.47 Å². The summed E-state index contributed by atoms with van der Waals surface area (Å²) in [6, 6.07) is 13.2. The van der Waals surface area contributed by atoms with Crippen LogP contribution < -0.4 is 5.32 Å². The van der Waals surface area contributed by atoms with Gasteiger partial charge >= 0.3 is 0 Å². The molecule has 7 heteroatoms. The van der Waals surface area contributed by atoms with Gasteiger partial charge in [0.25, 0.3) is 5.91 Å². The third-order valence-electron chi connectivity index (χ3n) is 4.56. The fraction of sp³-hybridized carbons (Fsp3) is 0.389. The number of piperidine rings is 1. The van der Waals surface area contributed by atoms with Gasteiger partial charge in [-0.1, -0.05) is 18.2 Å². The molecule has 2 aliphatic rings. The molecule has 1 aromatic carbocycles. The maximum atomic E-state index is 12.6. The molecule has 25 heavy (non-hydrogen) atoms. The molecule has 1 aromatic heterocycles. The van der Waals surface area contributed by atoms with Crippen LogP contribution >= 0.6 is 0 Å². The van der Waals surface area contributed by atoms with Crippen molar-refractivity contribution in [3.8, 4) is 0 Å². The number of amides is 1. The Bertz CT molecular complexity index is 720. The van der Waals surface area contributed by atoms with Gasteiger partial charge in [-0.3, -0.25) is 4.79 Å². The maximum absolute atomic E-state index is 12.6. The van der Waals surface area contributed by atoms with Crippen LogP contribution in [0, 0.1) is 0 Å². The molecule has 0 bridgehead atoms. The number of benzene rings is 1. The van der Waals surface area contributed by atoms with Crippen LogP contribution in [0.5, 0.6) is 0 Å². The van der Waals surface area contributed by atoms with Crippen LogP contribution in [0.1, 0.15) is 23.3 Å². The van der Waals surface area contributed by atoms with Crippen LogP contribution in [0.25, 0.3) is 0 Å². The van der Waals surface area contributed by atoms with Gasteiger partial charge in [0, 0.05) is 31.6 Å². The molecule has 2 aliphatic heterocycles. The number of aromatic nitrogens is 2. The standard InChI is InChI=1S/C18H20N4O3/c23-17(22-10-8-18(9-11-22)24-12-13-25-18)15-6-7-16(21-20-15)19-14-4-2-1-3-5-14/h1-7H,8-13H2,(H,19,21). The molecule has 0 atom stereocenters. The molecule has 0 aliphatic carbocycles. The Morgan fingerprint density at radius 1 is 1.00 bits per heavy atom. The molecular formula is C18H20N4O3. The summed E-state index contributed by atoms with van der Waals surface area (Å²) < 4.78 is 11.4. The third-order valence-corrected chi connectivity index (χ3v) is 4.56. The number of likely N-dealkylation sites (tertiary alicyclic amines) is 1. The van der Waals surface area contributed by atoms with E-state index in [9.17, 15) is 4.79 Å². The summed E-state index contributed by atoms with van der Waals surface area (Å²) in [6.07, 6.45) is 1.39. The van der Waals surface area contributed by atoms with E-state index in [1.165, 1.54) is 0 Å². The lowest BCUT2D eigenvalue weighted by Gasteiger charge is -2.37. The molecule has 2 saturated heterocycles. The van der Waals surface area contributed by atoms with Crippen molar-refractivity contribution in [1.82, 2.24) is 15.1 Å². The molecule has 2 aromatic rings. The summed E-state index contributed by atoms with van der Waals surface area (Å²) in [4.78, 5) is 14.4. The fourth-order valence-electron chi connectivity index (χ4n) is 3.18. The van der Waals surface area contributed by atoms with E-state index >= 15 is 0 Å². The van der Waals surface area contributed by atoms with Gasteiger partial charge in [-0.25, -0.2) is 0 Å². The Kier molecular flexibility index (Phi) is 4.33. The van der Waals surface area contributed by atoms with E-state index in [-0.39, 0.29) is 5.91 Å². The molecule has 3 heterocycles. The molecule has 130 valence electrons. The van der Waals surface area contributed by atoms with E-state index in [4.69, 9.17) is 9.47 Å². The number of carbonyl (C=O) groups excluding carboxylic acids is 1. The zero-order valence-corrected chi connectivity index (χ0v) is 13.9. The average Bonchev–Trinajstić information content (AvgIpc) is 3.11. The van der Waals surface area contributed by atoms with Crippen LogP contribution in [0.3, 0.4) is 0 Å². The normalized spacial score (nSPS) is 19.1. The van der Waals surface area contributed by atoms with Crippen molar-refractivity contribution in [3.05, 3.63) is 48.2 Å². The molecular weight excluding hydrogens is 320 g/mol. The molecule has 1 spiro atoms. The van der Waals surface area contributed by atoms with Crippen LogP contribution in [0.15, 0.2) is 42.5 Å². The van der Waals surface area contributed by atoms with Crippen molar-refractivity contribution < 1.29 is 14.3 Å². The molecule has 0 unspecified atom stereocenters. The zero-order valence-electron chi connectivity index (χ0n) is 13.9. The van der Waals surface area contributed by atoms with Gasteiger partial charge in [-0.2, -0.15) is 0 Å². The Hall–Kier alpha value is -2.51. The minimum Gasteiger partial charge on any atom is -0.347 e. The number of para-hydroxylation sites is 1. The van der Waals surface area contributed by atoms with E-state index in [2.05, 4.69) is 15.5 Å². The quantitative estimate of drug-likeness (QED) is 0.923. The van der Waals surface area contributed by atoms with Crippen molar-refractivity contribution in [2.75, 3.05) is 31.6 Å². The van der Waals surface area contributed by atoms with E-state index in [0.717, 1.165) is 5.69 Å². The number of rotatable bonds is 3. The molecule has 7 nitrogen and oxygen atoms in total. The van der Waals surface area contributed by atoms with E-state index in [0.29, 0.717) is 50.7 Å². The number of carbonyl (C=O) groups is 1. The summed E-state index contributed by atoms with van der Waals surface area (Å²) in [7, 11) is 0. The largest absolute Gasteiger partial charge is 0.347 e. The second-order valence-corrected chi connectivity index (χ2v) is 6.19. The van der Waals surface area contributed by atoms with E-state index in [1.54, 1.807) is 17.0 Å². The lowest BCUT2D eigenvalue weighted by atomic mass is 10.0. The van der Waals surface area contributed by atoms with Gasteiger partial charge in [0.05, 0.1) is 13.2 Å². The average molecular weight is 340 g/mol. The summed E-state index contributed by atoms with van der Waals surface area (Å²) in [5.74, 6) is 0.0195. The van der Waals surface area contributed by atoms with Gasteiger partial charge in [0.1, 0.15) is 0 Å².